The molecule has 4 aromatic rings. The highest BCUT2D eigenvalue weighted by molar-refractivity contribution is 5.79. The highest BCUT2D eigenvalue weighted by Crippen LogP contribution is 2.30. The molecule has 0 spiro atoms. The minimum absolute atomic E-state index is 0.168. The van der Waals surface area contributed by atoms with E-state index in [0.29, 0.717) is 13.1 Å². The van der Waals surface area contributed by atoms with Gasteiger partial charge < -0.3 is 10.1 Å². The number of nitrogens with zero attached hydrogens (tertiary/aromatic N) is 4. The Kier molecular flexibility index (Phi) is 5.22. The fourth-order valence-corrected chi connectivity index (χ4v) is 4.08. The number of halogens is 2. The minimum atomic E-state index is -2.54. The number of benzene rings is 2. The predicted octanol–water partition coefficient (Wildman–Crippen LogP) is 4.47. The van der Waals surface area contributed by atoms with Crippen LogP contribution in [0.5, 0.6) is 5.75 Å². The first-order chi connectivity index (χ1) is 15.5. The number of alkyl halides is 2. The molecule has 0 aliphatic carbocycles. The number of fused-ring (bicyclic) bond motifs is 1. The van der Waals surface area contributed by atoms with Gasteiger partial charge in [0, 0.05) is 24.2 Å². The lowest BCUT2D eigenvalue weighted by Gasteiger charge is -2.38. The lowest BCUT2D eigenvalue weighted by Crippen LogP contribution is -2.55. The zero-order valence-electron chi connectivity index (χ0n) is 17.6. The summed E-state index contributed by atoms with van der Waals surface area (Å²) < 4.78 is 33.4. The SMILES string of the molecule is COc1ccccc1CNc1ccc(-c2ccc(CN3CC(F)(F)C3)cc2)c2nncn12. The van der Waals surface area contributed by atoms with E-state index in [-0.39, 0.29) is 13.1 Å². The molecule has 0 bridgehead atoms. The first kappa shape index (κ1) is 20.4. The van der Waals surface area contributed by atoms with E-state index in [1.807, 2.05) is 65.1 Å². The molecule has 1 N–H and O–H groups in total. The topological polar surface area (TPSA) is 54.7 Å². The van der Waals surface area contributed by atoms with Crippen molar-refractivity contribution in [2.24, 2.45) is 0 Å². The largest absolute Gasteiger partial charge is 0.496 e. The number of methoxy groups -OCH3 is 1. The molecule has 1 aliphatic rings. The molecule has 3 heterocycles. The number of rotatable bonds is 7. The van der Waals surface area contributed by atoms with Crippen molar-refractivity contribution in [3.8, 4) is 16.9 Å². The van der Waals surface area contributed by atoms with Gasteiger partial charge in [0.25, 0.3) is 5.92 Å². The maximum atomic E-state index is 13.0. The van der Waals surface area contributed by atoms with Crippen molar-refractivity contribution in [1.29, 1.82) is 0 Å². The molecule has 2 aromatic heterocycles. The van der Waals surface area contributed by atoms with Gasteiger partial charge in [-0.2, -0.15) is 0 Å². The van der Waals surface area contributed by atoms with Crippen LogP contribution in [0.2, 0.25) is 0 Å². The molecule has 0 saturated carbocycles. The fourth-order valence-electron chi connectivity index (χ4n) is 4.08. The highest BCUT2D eigenvalue weighted by Gasteiger charge is 2.43. The van der Waals surface area contributed by atoms with E-state index in [4.69, 9.17) is 4.74 Å². The number of hydrogen-bond acceptors (Lipinski definition) is 5. The van der Waals surface area contributed by atoms with Crippen molar-refractivity contribution in [1.82, 2.24) is 19.5 Å². The number of pyridine rings is 1. The molecule has 1 fully saturated rings. The molecular weight excluding hydrogens is 412 g/mol. The van der Waals surface area contributed by atoms with Gasteiger partial charge in [-0.3, -0.25) is 9.30 Å². The average Bonchev–Trinajstić information content (AvgIpc) is 3.27. The molecular formula is C24H23F2N5O. The highest BCUT2D eigenvalue weighted by atomic mass is 19.3. The molecule has 2 aromatic carbocycles. The van der Waals surface area contributed by atoms with E-state index in [0.717, 1.165) is 39.5 Å². The Morgan fingerprint density at radius 2 is 1.81 bits per heavy atom. The Hall–Kier alpha value is -3.52. The summed E-state index contributed by atoms with van der Waals surface area (Å²) in [6, 6.07) is 19.8. The van der Waals surface area contributed by atoms with E-state index in [2.05, 4.69) is 15.5 Å². The summed E-state index contributed by atoms with van der Waals surface area (Å²) in [4.78, 5) is 1.74. The molecule has 8 heteroatoms. The van der Waals surface area contributed by atoms with E-state index in [1.54, 1.807) is 18.3 Å². The van der Waals surface area contributed by atoms with Crippen LogP contribution in [-0.4, -0.2) is 45.6 Å². The summed E-state index contributed by atoms with van der Waals surface area (Å²) >= 11 is 0. The van der Waals surface area contributed by atoms with Gasteiger partial charge in [-0.05, 0) is 29.3 Å². The number of ether oxygens (including phenoxy) is 1. The Morgan fingerprint density at radius 1 is 1.03 bits per heavy atom. The van der Waals surface area contributed by atoms with Gasteiger partial charge in [0.2, 0.25) is 0 Å². The van der Waals surface area contributed by atoms with Crippen LogP contribution in [-0.2, 0) is 13.1 Å². The maximum Gasteiger partial charge on any atom is 0.272 e. The number of nitrogens with one attached hydrogen (secondary N) is 1. The fraction of sp³-hybridized carbons (Fsp3) is 0.250. The Bertz CT molecular complexity index is 1230. The van der Waals surface area contributed by atoms with Crippen molar-refractivity contribution in [3.05, 3.63) is 78.1 Å². The monoisotopic (exact) mass is 435 g/mol. The molecule has 0 atom stereocenters. The van der Waals surface area contributed by atoms with E-state index in [1.165, 1.54) is 0 Å². The van der Waals surface area contributed by atoms with Crippen LogP contribution in [0.4, 0.5) is 14.6 Å². The van der Waals surface area contributed by atoms with Gasteiger partial charge in [0.1, 0.15) is 17.9 Å². The molecule has 32 heavy (non-hydrogen) atoms. The van der Waals surface area contributed by atoms with Gasteiger partial charge >= 0.3 is 0 Å². The van der Waals surface area contributed by atoms with Crippen molar-refractivity contribution in [2.45, 2.75) is 19.0 Å². The standard InChI is InChI=1S/C24H23F2N5O/c1-32-21-5-3-2-4-19(21)12-27-22-11-10-20(23-29-28-16-31(22)23)18-8-6-17(7-9-18)13-30-14-24(25,26)15-30/h2-11,16,27H,12-15H2,1H3. The van der Waals surface area contributed by atoms with E-state index in [9.17, 15) is 8.78 Å². The van der Waals surface area contributed by atoms with Gasteiger partial charge in [-0.1, -0.05) is 42.5 Å². The number of likely N-dealkylation sites (tertiary alicyclic amines) is 1. The second-order valence-electron chi connectivity index (χ2n) is 8.02. The first-order valence-corrected chi connectivity index (χ1v) is 10.4. The van der Waals surface area contributed by atoms with Gasteiger partial charge in [-0.25, -0.2) is 8.78 Å². The van der Waals surface area contributed by atoms with Crippen LogP contribution in [0.3, 0.4) is 0 Å². The van der Waals surface area contributed by atoms with Gasteiger partial charge in [-0.15, -0.1) is 10.2 Å². The van der Waals surface area contributed by atoms with E-state index >= 15 is 0 Å². The molecule has 1 aliphatic heterocycles. The van der Waals surface area contributed by atoms with Crippen molar-refractivity contribution in [2.75, 3.05) is 25.5 Å². The molecule has 0 unspecified atom stereocenters. The summed E-state index contributed by atoms with van der Waals surface area (Å²) in [5, 5.41) is 11.8. The van der Waals surface area contributed by atoms with Gasteiger partial charge in [0.05, 0.1) is 20.2 Å². The maximum absolute atomic E-state index is 13.0. The number of para-hydroxylation sites is 1. The quantitative estimate of drug-likeness (QED) is 0.464. The molecule has 5 rings (SSSR count). The third kappa shape index (κ3) is 4.01. The predicted molar refractivity (Wildman–Crippen MR) is 119 cm³/mol. The number of anilines is 1. The van der Waals surface area contributed by atoms with Crippen molar-refractivity contribution >= 4 is 11.5 Å². The Balaban J connectivity index is 1.34. The zero-order chi connectivity index (χ0) is 22.1. The lowest BCUT2D eigenvalue weighted by atomic mass is 10.0. The molecule has 0 radical (unpaired) electrons. The third-order valence-electron chi connectivity index (χ3n) is 5.69. The lowest BCUT2D eigenvalue weighted by molar-refractivity contribution is -0.133. The Morgan fingerprint density at radius 3 is 2.56 bits per heavy atom. The summed E-state index contributed by atoms with van der Waals surface area (Å²) in [5.41, 5.74) is 4.75. The smallest absolute Gasteiger partial charge is 0.272 e. The van der Waals surface area contributed by atoms with Crippen LogP contribution in [0, 0.1) is 0 Å². The van der Waals surface area contributed by atoms with Crippen LogP contribution in [0.25, 0.3) is 16.8 Å². The van der Waals surface area contributed by atoms with Crippen molar-refractivity contribution in [3.63, 3.8) is 0 Å². The van der Waals surface area contributed by atoms with Crippen LogP contribution in [0.15, 0.2) is 67.0 Å². The zero-order valence-corrected chi connectivity index (χ0v) is 17.6. The van der Waals surface area contributed by atoms with E-state index < -0.39 is 5.92 Å². The molecule has 1 saturated heterocycles. The molecule has 6 nitrogen and oxygen atoms in total. The first-order valence-electron chi connectivity index (χ1n) is 10.4. The van der Waals surface area contributed by atoms with Crippen molar-refractivity contribution < 1.29 is 13.5 Å². The second kappa shape index (κ2) is 8.20. The summed E-state index contributed by atoms with van der Waals surface area (Å²) in [7, 11) is 1.66. The normalized spacial score (nSPS) is 15.5. The summed E-state index contributed by atoms with van der Waals surface area (Å²) in [6.07, 6.45) is 1.68. The molecule has 0 amide bonds. The third-order valence-corrected chi connectivity index (χ3v) is 5.69. The minimum Gasteiger partial charge on any atom is -0.496 e. The van der Waals surface area contributed by atoms with Crippen LogP contribution < -0.4 is 10.1 Å². The van der Waals surface area contributed by atoms with Crippen LogP contribution >= 0.6 is 0 Å². The number of aromatic nitrogens is 3. The summed E-state index contributed by atoms with van der Waals surface area (Å²) in [6.45, 7) is 0.791. The van der Waals surface area contributed by atoms with Gasteiger partial charge in [0.15, 0.2) is 5.65 Å². The van der Waals surface area contributed by atoms with Crippen LogP contribution in [0.1, 0.15) is 11.1 Å². The molecule has 164 valence electrons. The Labute approximate surface area is 184 Å². The second-order valence-corrected chi connectivity index (χ2v) is 8.02. The number of hydrogen-bond donors (Lipinski definition) is 1. The average molecular weight is 435 g/mol. The summed E-state index contributed by atoms with van der Waals surface area (Å²) in [5.74, 6) is -0.839.